The van der Waals surface area contributed by atoms with Gasteiger partial charge in [0.25, 0.3) is 5.91 Å². The number of hydroxylamine groups is 2. The van der Waals surface area contributed by atoms with E-state index in [2.05, 4.69) is 0 Å². The van der Waals surface area contributed by atoms with E-state index in [0.29, 0.717) is 19.7 Å². The standard InChI is InChI=1S/C11H20N2O4/c1-4-17-11(15)13-7-5-6-9(8-13)10(14)12(2)16-3/h9H,4-8H2,1-3H3/t9-/m0/s1. The minimum Gasteiger partial charge on any atom is -0.450 e. The molecule has 0 bridgehead atoms. The zero-order valence-corrected chi connectivity index (χ0v) is 10.6. The van der Waals surface area contributed by atoms with Crippen molar-refractivity contribution in [3.63, 3.8) is 0 Å². The Balaban J connectivity index is 2.54. The van der Waals surface area contributed by atoms with Crippen LogP contribution in [0.3, 0.4) is 0 Å². The van der Waals surface area contributed by atoms with Crippen LogP contribution in [-0.4, -0.2) is 55.8 Å². The van der Waals surface area contributed by atoms with E-state index in [0.717, 1.165) is 12.8 Å². The molecule has 1 aliphatic rings. The Morgan fingerprint density at radius 2 is 2.18 bits per heavy atom. The van der Waals surface area contributed by atoms with Crippen LogP contribution in [0.1, 0.15) is 19.8 Å². The van der Waals surface area contributed by atoms with Crippen molar-refractivity contribution in [2.24, 2.45) is 5.92 Å². The molecule has 1 fully saturated rings. The van der Waals surface area contributed by atoms with Crippen LogP contribution in [0.2, 0.25) is 0 Å². The molecule has 0 spiro atoms. The predicted octanol–water partition coefficient (Wildman–Crippen LogP) is 0.875. The first kappa shape index (κ1) is 13.8. The molecule has 0 aromatic rings. The quantitative estimate of drug-likeness (QED) is 0.691. The van der Waals surface area contributed by atoms with Gasteiger partial charge in [0.1, 0.15) is 0 Å². The van der Waals surface area contributed by atoms with E-state index in [4.69, 9.17) is 9.57 Å². The molecule has 1 rings (SSSR count). The van der Waals surface area contributed by atoms with Gasteiger partial charge in [0.2, 0.25) is 0 Å². The van der Waals surface area contributed by atoms with Crippen LogP contribution in [0.15, 0.2) is 0 Å². The van der Waals surface area contributed by atoms with Gasteiger partial charge in [-0.3, -0.25) is 9.63 Å². The monoisotopic (exact) mass is 244 g/mol. The molecule has 1 atom stereocenters. The van der Waals surface area contributed by atoms with Gasteiger partial charge in [0.05, 0.1) is 19.6 Å². The van der Waals surface area contributed by atoms with Gasteiger partial charge in [-0.2, -0.15) is 0 Å². The molecule has 2 amide bonds. The smallest absolute Gasteiger partial charge is 0.409 e. The Labute approximate surface area is 101 Å². The molecular formula is C11H20N2O4. The maximum Gasteiger partial charge on any atom is 0.409 e. The van der Waals surface area contributed by atoms with Crippen LogP contribution < -0.4 is 0 Å². The second-order valence-electron chi connectivity index (χ2n) is 4.00. The number of piperidine rings is 1. The number of amides is 2. The Morgan fingerprint density at radius 3 is 2.76 bits per heavy atom. The molecule has 6 nitrogen and oxygen atoms in total. The summed E-state index contributed by atoms with van der Waals surface area (Å²) in [4.78, 5) is 29.9. The molecule has 1 aliphatic heterocycles. The van der Waals surface area contributed by atoms with E-state index in [1.807, 2.05) is 0 Å². The number of ether oxygens (including phenoxy) is 1. The summed E-state index contributed by atoms with van der Waals surface area (Å²) in [5.74, 6) is -0.292. The summed E-state index contributed by atoms with van der Waals surface area (Å²) >= 11 is 0. The first-order chi connectivity index (χ1) is 8.10. The van der Waals surface area contributed by atoms with E-state index < -0.39 is 0 Å². The number of hydrogen-bond donors (Lipinski definition) is 0. The molecule has 98 valence electrons. The van der Waals surface area contributed by atoms with Crippen molar-refractivity contribution in [3.8, 4) is 0 Å². The highest BCUT2D eigenvalue weighted by Crippen LogP contribution is 2.19. The summed E-state index contributed by atoms with van der Waals surface area (Å²) in [6, 6.07) is 0. The van der Waals surface area contributed by atoms with E-state index in [1.165, 1.54) is 12.2 Å². The lowest BCUT2D eigenvalue weighted by Crippen LogP contribution is -2.45. The van der Waals surface area contributed by atoms with Crippen LogP contribution in [0.4, 0.5) is 4.79 Å². The molecule has 17 heavy (non-hydrogen) atoms. The molecule has 0 radical (unpaired) electrons. The van der Waals surface area contributed by atoms with Crippen LogP contribution in [0, 0.1) is 5.92 Å². The minimum atomic E-state index is -0.343. The molecule has 6 heteroatoms. The van der Waals surface area contributed by atoms with E-state index in [1.54, 1.807) is 18.9 Å². The maximum absolute atomic E-state index is 11.9. The summed E-state index contributed by atoms with van der Waals surface area (Å²) in [6.45, 7) is 3.18. The van der Waals surface area contributed by atoms with Gasteiger partial charge in [-0.25, -0.2) is 9.86 Å². The van der Waals surface area contributed by atoms with Crippen molar-refractivity contribution in [1.29, 1.82) is 0 Å². The van der Waals surface area contributed by atoms with Crippen LogP contribution in [0.5, 0.6) is 0 Å². The fourth-order valence-electron chi connectivity index (χ4n) is 1.91. The highest BCUT2D eigenvalue weighted by Gasteiger charge is 2.30. The third-order valence-electron chi connectivity index (χ3n) is 2.88. The largest absolute Gasteiger partial charge is 0.450 e. The number of likely N-dealkylation sites (tertiary alicyclic amines) is 1. The molecular weight excluding hydrogens is 224 g/mol. The Morgan fingerprint density at radius 1 is 1.47 bits per heavy atom. The van der Waals surface area contributed by atoms with E-state index in [-0.39, 0.29) is 17.9 Å². The first-order valence-electron chi connectivity index (χ1n) is 5.83. The number of nitrogens with zero attached hydrogens (tertiary/aromatic N) is 2. The molecule has 0 aromatic carbocycles. The molecule has 0 aliphatic carbocycles. The lowest BCUT2D eigenvalue weighted by molar-refractivity contribution is -0.174. The van der Waals surface area contributed by atoms with Gasteiger partial charge in [-0.1, -0.05) is 0 Å². The van der Waals surface area contributed by atoms with E-state index >= 15 is 0 Å². The van der Waals surface area contributed by atoms with Gasteiger partial charge >= 0.3 is 6.09 Å². The highest BCUT2D eigenvalue weighted by atomic mass is 16.7. The van der Waals surface area contributed by atoms with Gasteiger partial charge in [0, 0.05) is 20.1 Å². The van der Waals surface area contributed by atoms with Crippen molar-refractivity contribution < 1.29 is 19.2 Å². The summed E-state index contributed by atoms with van der Waals surface area (Å²) in [7, 11) is 3.02. The zero-order valence-electron chi connectivity index (χ0n) is 10.6. The van der Waals surface area contributed by atoms with Crippen molar-refractivity contribution in [3.05, 3.63) is 0 Å². The molecule has 1 heterocycles. The highest BCUT2D eigenvalue weighted by molar-refractivity contribution is 5.79. The second kappa shape index (κ2) is 6.44. The first-order valence-corrected chi connectivity index (χ1v) is 5.83. The van der Waals surface area contributed by atoms with Crippen molar-refractivity contribution in [1.82, 2.24) is 9.96 Å². The van der Waals surface area contributed by atoms with Crippen LogP contribution in [-0.2, 0) is 14.4 Å². The lowest BCUT2D eigenvalue weighted by atomic mass is 9.97. The topological polar surface area (TPSA) is 59.1 Å². The molecule has 1 saturated heterocycles. The summed E-state index contributed by atoms with van der Waals surface area (Å²) in [5.41, 5.74) is 0. The van der Waals surface area contributed by atoms with Gasteiger partial charge in [-0.05, 0) is 19.8 Å². The summed E-state index contributed by atoms with van der Waals surface area (Å²) < 4.78 is 4.93. The average Bonchev–Trinajstić information content (AvgIpc) is 2.37. The Hall–Kier alpha value is -1.30. The lowest BCUT2D eigenvalue weighted by Gasteiger charge is -2.32. The van der Waals surface area contributed by atoms with Gasteiger partial charge in [0.15, 0.2) is 0 Å². The maximum atomic E-state index is 11.9. The van der Waals surface area contributed by atoms with E-state index in [9.17, 15) is 9.59 Å². The Kier molecular flexibility index (Phi) is 5.21. The minimum absolute atomic E-state index is 0.0958. The third kappa shape index (κ3) is 3.59. The van der Waals surface area contributed by atoms with Crippen LogP contribution >= 0.6 is 0 Å². The second-order valence-corrected chi connectivity index (χ2v) is 4.00. The van der Waals surface area contributed by atoms with Crippen LogP contribution in [0.25, 0.3) is 0 Å². The third-order valence-corrected chi connectivity index (χ3v) is 2.88. The van der Waals surface area contributed by atoms with Crippen molar-refractivity contribution >= 4 is 12.0 Å². The van der Waals surface area contributed by atoms with Gasteiger partial charge < -0.3 is 9.64 Å². The molecule has 0 saturated carbocycles. The SMILES string of the molecule is CCOC(=O)N1CCC[C@H](C(=O)N(C)OC)C1. The number of rotatable bonds is 3. The van der Waals surface area contributed by atoms with Crippen molar-refractivity contribution in [2.75, 3.05) is 33.9 Å². The summed E-state index contributed by atoms with van der Waals surface area (Å²) in [6.07, 6.45) is 1.25. The van der Waals surface area contributed by atoms with Gasteiger partial charge in [-0.15, -0.1) is 0 Å². The fraction of sp³-hybridized carbons (Fsp3) is 0.818. The average molecular weight is 244 g/mol. The number of hydrogen-bond acceptors (Lipinski definition) is 4. The number of carbonyl (C=O) groups excluding carboxylic acids is 2. The Bertz CT molecular complexity index is 283. The van der Waals surface area contributed by atoms with Crippen molar-refractivity contribution in [2.45, 2.75) is 19.8 Å². The summed E-state index contributed by atoms with van der Waals surface area (Å²) in [5, 5.41) is 1.21. The number of carbonyl (C=O) groups is 2. The zero-order chi connectivity index (χ0) is 12.8. The normalized spacial score (nSPS) is 19.9. The molecule has 0 aromatic heterocycles. The predicted molar refractivity (Wildman–Crippen MR) is 61.1 cm³/mol. The molecule has 0 unspecified atom stereocenters. The molecule has 0 N–H and O–H groups in total. The fourth-order valence-corrected chi connectivity index (χ4v) is 1.91.